The molecule has 2 fully saturated rings. The number of carbonyl (C=O) groups excluding carboxylic acids is 2. The lowest BCUT2D eigenvalue weighted by Gasteiger charge is -2.36. The number of nitrogens with zero attached hydrogens (tertiary/aromatic N) is 2. The molecule has 0 bridgehead atoms. The van der Waals surface area contributed by atoms with Crippen molar-refractivity contribution in [3.05, 3.63) is 0 Å². The molecule has 15 heavy (non-hydrogen) atoms. The van der Waals surface area contributed by atoms with E-state index in [0.29, 0.717) is 26.1 Å². The van der Waals surface area contributed by atoms with Crippen LogP contribution < -0.4 is 0 Å². The highest BCUT2D eigenvalue weighted by Gasteiger charge is 2.36. The summed E-state index contributed by atoms with van der Waals surface area (Å²) in [4.78, 5) is 28.9. The highest BCUT2D eigenvalue weighted by molar-refractivity contribution is 9.12. The van der Waals surface area contributed by atoms with E-state index in [-0.39, 0.29) is 17.9 Å². The van der Waals surface area contributed by atoms with Gasteiger partial charge in [-0.1, -0.05) is 0 Å². The summed E-state index contributed by atoms with van der Waals surface area (Å²) in [6, 6.07) is 0.215. The van der Waals surface area contributed by atoms with Crippen molar-refractivity contribution in [3.63, 3.8) is 0 Å². The van der Waals surface area contributed by atoms with Crippen LogP contribution in [0.15, 0.2) is 0 Å². The third kappa shape index (κ3) is 2.00. The van der Waals surface area contributed by atoms with E-state index < -0.39 is 0 Å². The molecule has 0 aromatic carbocycles. The minimum Gasteiger partial charge on any atom is -0.336 e. The van der Waals surface area contributed by atoms with Crippen molar-refractivity contribution in [1.82, 2.24) is 9.80 Å². The Morgan fingerprint density at radius 2 is 2.27 bits per heavy atom. The summed E-state index contributed by atoms with van der Waals surface area (Å²) in [5.74, 6) is 2.52. The zero-order chi connectivity index (χ0) is 10.8. The Hall–Kier alpha value is -1.02. The number of halogens is 1. The van der Waals surface area contributed by atoms with E-state index >= 15 is 0 Å². The second kappa shape index (κ2) is 4.23. The van der Waals surface area contributed by atoms with Gasteiger partial charge in [0.25, 0.3) is 5.91 Å². The number of amides is 2. The zero-order valence-electron chi connectivity index (χ0n) is 8.20. The molecule has 0 aliphatic carbocycles. The summed E-state index contributed by atoms with van der Waals surface area (Å²) in [7, 11) is 0. The Labute approximate surface area is 96.7 Å². The molecule has 2 aliphatic rings. The van der Waals surface area contributed by atoms with Gasteiger partial charge >= 0.3 is 0 Å². The molecule has 1 unspecified atom stereocenters. The van der Waals surface area contributed by atoms with Crippen LogP contribution in [-0.2, 0) is 9.59 Å². The Morgan fingerprint density at radius 1 is 1.47 bits per heavy atom. The first-order valence-electron chi connectivity index (χ1n) is 4.92. The van der Waals surface area contributed by atoms with Crippen molar-refractivity contribution >= 4 is 27.7 Å². The van der Waals surface area contributed by atoms with Gasteiger partial charge in [0.1, 0.15) is 0 Å². The fraction of sp³-hybridized carbons (Fsp3) is 0.600. The van der Waals surface area contributed by atoms with Gasteiger partial charge in [0.2, 0.25) is 5.91 Å². The van der Waals surface area contributed by atoms with E-state index in [1.165, 1.54) is 0 Å². The third-order valence-electron chi connectivity index (χ3n) is 2.94. The molecular weight excluding hydrogens is 260 g/mol. The number of hydrogen-bond acceptors (Lipinski definition) is 2. The van der Waals surface area contributed by atoms with Crippen LogP contribution >= 0.6 is 15.9 Å². The van der Waals surface area contributed by atoms with E-state index in [2.05, 4.69) is 26.7 Å². The lowest BCUT2D eigenvalue weighted by molar-refractivity contribution is -0.135. The summed E-state index contributed by atoms with van der Waals surface area (Å²) < 4.78 is 0. The molecule has 80 valence electrons. The van der Waals surface area contributed by atoms with Crippen LogP contribution in [0.25, 0.3) is 0 Å². The lowest BCUT2D eigenvalue weighted by atomic mass is 10.1. The second-order valence-electron chi connectivity index (χ2n) is 3.75. The molecule has 0 spiro atoms. The largest absolute Gasteiger partial charge is 0.336 e. The van der Waals surface area contributed by atoms with Gasteiger partial charge in [-0.3, -0.25) is 9.59 Å². The molecule has 2 saturated heterocycles. The van der Waals surface area contributed by atoms with Gasteiger partial charge in [0.15, 0.2) is 0 Å². The van der Waals surface area contributed by atoms with Crippen molar-refractivity contribution in [2.24, 2.45) is 0 Å². The lowest BCUT2D eigenvalue weighted by Crippen LogP contribution is -2.52. The van der Waals surface area contributed by atoms with Crippen molar-refractivity contribution in [2.75, 3.05) is 19.6 Å². The SMILES string of the molecule is O=C(C#CBr)N1CCN2C(=O)CCC2C1. The highest BCUT2D eigenvalue weighted by atomic mass is 79.9. The summed E-state index contributed by atoms with van der Waals surface area (Å²) in [5, 5.41) is 0. The highest BCUT2D eigenvalue weighted by Crippen LogP contribution is 2.22. The van der Waals surface area contributed by atoms with Gasteiger partial charge in [-0.05, 0) is 11.3 Å². The second-order valence-corrected chi connectivity index (χ2v) is 4.15. The molecule has 0 radical (unpaired) electrons. The topological polar surface area (TPSA) is 40.6 Å². The Balaban J connectivity index is 2.01. The molecule has 1 atom stereocenters. The zero-order valence-corrected chi connectivity index (χ0v) is 9.79. The standard InChI is InChI=1S/C10H11BrN2O2/c11-4-3-9(14)12-5-6-13-8(7-12)1-2-10(13)15/h8H,1-2,5-7H2. The van der Waals surface area contributed by atoms with E-state index in [1.807, 2.05) is 4.90 Å². The molecule has 2 aliphatic heterocycles. The maximum Gasteiger partial charge on any atom is 0.299 e. The van der Waals surface area contributed by atoms with Crippen LogP contribution in [0.1, 0.15) is 12.8 Å². The predicted molar refractivity (Wildman–Crippen MR) is 58.0 cm³/mol. The Morgan fingerprint density at radius 3 is 3.00 bits per heavy atom. The van der Waals surface area contributed by atoms with Gasteiger partial charge in [0.05, 0.1) is 0 Å². The summed E-state index contributed by atoms with van der Waals surface area (Å²) >= 11 is 2.91. The van der Waals surface area contributed by atoms with Crippen LogP contribution in [-0.4, -0.2) is 47.3 Å². The molecule has 2 rings (SSSR count). The molecule has 2 amide bonds. The van der Waals surface area contributed by atoms with Crippen LogP contribution in [0.3, 0.4) is 0 Å². The first-order chi connectivity index (χ1) is 7.22. The number of rotatable bonds is 0. The first-order valence-corrected chi connectivity index (χ1v) is 5.71. The van der Waals surface area contributed by atoms with Gasteiger partial charge in [-0.2, -0.15) is 0 Å². The normalized spacial score (nSPS) is 24.6. The maximum absolute atomic E-state index is 11.5. The number of hydrogen-bond donors (Lipinski definition) is 0. The van der Waals surface area contributed by atoms with Gasteiger partial charge in [-0.15, -0.1) is 0 Å². The average Bonchev–Trinajstić information content (AvgIpc) is 2.60. The molecule has 4 nitrogen and oxygen atoms in total. The fourth-order valence-electron chi connectivity index (χ4n) is 2.17. The molecular formula is C10H11BrN2O2. The summed E-state index contributed by atoms with van der Waals surface area (Å²) in [5.41, 5.74) is 0. The van der Waals surface area contributed by atoms with Gasteiger partial charge in [-0.25, -0.2) is 0 Å². The molecule has 0 N–H and O–H groups in total. The Bertz CT molecular complexity index is 358. The van der Waals surface area contributed by atoms with Crippen molar-refractivity contribution in [3.8, 4) is 10.8 Å². The van der Waals surface area contributed by atoms with Crippen LogP contribution in [0, 0.1) is 10.8 Å². The average molecular weight is 271 g/mol. The smallest absolute Gasteiger partial charge is 0.299 e. The number of fused-ring (bicyclic) bond motifs is 1. The third-order valence-corrected chi connectivity index (χ3v) is 3.13. The minimum absolute atomic E-state index is 0.161. The summed E-state index contributed by atoms with van der Waals surface area (Å²) in [6.45, 7) is 1.88. The van der Waals surface area contributed by atoms with E-state index in [9.17, 15) is 9.59 Å². The summed E-state index contributed by atoms with van der Waals surface area (Å²) in [6.07, 6.45) is 1.49. The quantitative estimate of drug-likeness (QED) is 0.589. The fourth-order valence-corrected chi connectivity index (χ4v) is 2.34. The Kier molecular flexibility index (Phi) is 2.96. The van der Waals surface area contributed by atoms with E-state index in [0.717, 1.165) is 6.42 Å². The van der Waals surface area contributed by atoms with Crippen molar-refractivity contribution in [2.45, 2.75) is 18.9 Å². The maximum atomic E-state index is 11.5. The molecule has 0 aromatic heterocycles. The number of piperazine rings is 1. The molecule has 2 heterocycles. The van der Waals surface area contributed by atoms with Crippen molar-refractivity contribution < 1.29 is 9.59 Å². The van der Waals surface area contributed by atoms with E-state index in [4.69, 9.17) is 0 Å². The van der Waals surface area contributed by atoms with Crippen LogP contribution in [0.5, 0.6) is 0 Å². The van der Waals surface area contributed by atoms with Crippen LogP contribution in [0.4, 0.5) is 0 Å². The molecule has 5 heteroatoms. The van der Waals surface area contributed by atoms with Crippen molar-refractivity contribution in [1.29, 1.82) is 0 Å². The number of carbonyl (C=O) groups is 2. The first kappa shape index (κ1) is 10.5. The molecule has 0 aromatic rings. The van der Waals surface area contributed by atoms with Gasteiger partial charge in [0, 0.05) is 53.9 Å². The minimum atomic E-state index is -0.161. The van der Waals surface area contributed by atoms with Gasteiger partial charge < -0.3 is 9.80 Å². The van der Waals surface area contributed by atoms with Crippen LogP contribution in [0.2, 0.25) is 0 Å². The molecule has 0 saturated carbocycles. The van der Waals surface area contributed by atoms with E-state index in [1.54, 1.807) is 4.90 Å². The predicted octanol–water partition coefficient (Wildman–Crippen LogP) is 0.175. The monoisotopic (exact) mass is 270 g/mol.